The molecule has 0 aliphatic carbocycles. The van der Waals surface area contributed by atoms with Crippen LogP contribution in [-0.2, 0) is 4.43 Å². The number of hydrogen-bond acceptors (Lipinski definition) is 1. The van der Waals surface area contributed by atoms with E-state index in [4.69, 9.17) is 4.43 Å². The van der Waals surface area contributed by atoms with Gasteiger partial charge in [-0.1, -0.05) is 25.3 Å². The van der Waals surface area contributed by atoms with E-state index in [0.29, 0.717) is 0 Å². The van der Waals surface area contributed by atoms with Crippen molar-refractivity contribution in [2.45, 2.75) is 25.6 Å². The van der Waals surface area contributed by atoms with E-state index < -0.39 is 9.04 Å². The summed E-state index contributed by atoms with van der Waals surface area (Å²) in [5.74, 6) is 0. The van der Waals surface area contributed by atoms with Gasteiger partial charge in [0.05, 0.1) is 5.60 Å². The SMILES string of the molecule is C=CC(C)(C=C)O[Si](C)C. The molecule has 57 valence electrons. The van der Waals surface area contributed by atoms with E-state index in [1.807, 2.05) is 6.92 Å². The molecule has 0 unspecified atom stereocenters. The Kier molecular flexibility index (Phi) is 3.61. The molecule has 0 aromatic heterocycles. The predicted molar refractivity (Wildman–Crippen MR) is 47.4 cm³/mol. The Hall–Kier alpha value is -0.343. The Labute approximate surface area is 65.1 Å². The van der Waals surface area contributed by atoms with Gasteiger partial charge in [-0.2, -0.15) is 0 Å². The predicted octanol–water partition coefficient (Wildman–Crippen LogP) is 2.38. The van der Waals surface area contributed by atoms with Gasteiger partial charge in [0.1, 0.15) is 0 Å². The molecule has 0 amide bonds. The zero-order chi connectivity index (χ0) is 8.20. The fourth-order valence-electron chi connectivity index (χ4n) is 0.606. The molecule has 1 nitrogen and oxygen atoms in total. The van der Waals surface area contributed by atoms with Gasteiger partial charge in [0.2, 0.25) is 9.04 Å². The first-order valence-corrected chi connectivity index (χ1v) is 5.71. The van der Waals surface area contributed by atoms with Crippen LogP contribution in [0.3, 0.4) is 0 Å². The molecule has 0 spiro atoms. The standard InChI is InChI=1S/C8H15OSi/c1-6-8(3,7-2)9-10(4)5/h6-7H,1-2H2,3-5H3. The Balaban J connectivity index is 4.05. The molecule has 0 atom stereocenters. The summed E-state index contributed by atoms with van der Waals surface area (Å²) in [6.07, 6.45) is 3.55. The monoisotopic (exact) mass is 155 g/mol. The Morgan fingerprint density at radius 3 is 1.80 bits per heavy atom. The maximum atomic E-state index is 5.60. The van der Waals surface area contributed by atoms with Crippen LogP contribution in [0, 0.1) is 0 Å². The third kappa shape index (κ3) is 2.99. The van der Waals surface area contributed by atoms with Gasteiger partial charge in [0.15, 0.2) is 0 Å². The van der Waals surface area contributed by atoms with Gasteiger partial charge in [0.25, 0.3) is 0 Å². The Morgan fingerprint density at radius 1 is 1.30 bits per heavy atom. The van der Waals surface area contributed by atoms with Crippen LogP contribution >= 0.6 is 0 Å². The van der Waals surface area contributed by atoms with Crippen molar-refractivity contribution < 1.29 is 4.43 Å². The Morgan fingerprint density at radius 2 is 1.70 bits per heavy atom. The first-order valence-electron chi connectivity index (χ1n) is 3.30. The molecule has 0 fully saturated rings. The summed E-state index contributed by atoms with van der Waals surface area (Å²) >= 11 is 0. The second-order valence-electron chi connectivity index (χ2n) is 2.60. The van der Waals surface area contributed by atoms with E-state index in [2.05, 4.69) is 26.3 Å². The summed E-state index contributed by atoms with van der Waals surface area (Å²) in [5, 5.41) is 0. The van der Waals surface area contributed by atoms with Crippen molar-refractivity contribution >= 4 is 9.04 Å². The maximum absolute atomic E-state index is 5.60. The molecule has 0 aliphatic heterocycles. The average Bonchev–Trinajstić information content (AvgIpc) is 1.87. The molecule has 0 aromatic carbocycles. The molecule has 0 N–H and O–H groups in total. The summed E-state index contributed by atoms with van der Waals surface area (Å²) in [4.78, 5) is 0. The first-order chi connectivity index (χ1) is 4.54. The molecule has 0 aromatic rings. The topological polar surface area (TPSA) is 9.23 Å². The highest BCUT2D eigenvalue weighted by Crippen LogP contribution is 2.13. The van der Waals surface area contributed by atoms with Crippen LogP contribution in [0.1, 0.15) is 6.92 Å². The van der Waals surface area contributed by atoms with Crippen LogP contribution in [0.2, 0.25) is 13.1 Å². The van der Waals surface area contributed by atoms with E-state index in [-0.39, 0.29) is 5.60 Å². The fraction of sp³-hybridized carbons (Fsp3) is 0.500. The van der Waals surface area contributed by atoms with E-state index in [0.717, 1.165) is 0 Å². The second kappa shape index (κ2) is 3.74. The van der Waals surface area contributed by atoms with Gasteiger partial charge in [-0.25, -0.2) is 0 Å². The molecule has 0 heterocycles. The smallest absolute Gasteiger partial charge is 0.206 e. The summed E-state index contributed by atoms with van der Waals surface area (Å²) in [7, 11) is -0.658. The van der Waals surface area contributed by atoms with Crippen molar-refractivity contribution in [1.29, 1.82) is 0 Å². The lowest BCUT2D eigenvalue weighted by molar-refractivity contribution is 0.196. The molecule has 10 heavy (non-hydrogen) atoms. The third-order valence-electron chi connectivity index (χ3n) is 1.23. The third-order valence-corrected chi connectivity index (χ3v) is 2.08. The van der Waals surface area contributed by atoms with Gasteiger partial charge >= 0.3 is 0 Å². The lowest BCUT2D eigenvalue weighted by atomic mass is 10.1. The molecule has 2 heteroatoms. The molecule has 0 bridgehead atoms. The quantitative estimate of drug-likeness (QED) is 0.447. The van der Waals surface area contributed by atoms with Crippen LogP contribution in [0.15, 0.2) is 25.3 Å². The van der Waals surface area contributed by atoms with Crippen LogP contribution in [0.25, 0.3) is 0 Å². The summed E-state index contributed by atoms with van der Waals surface area (Å²) in [6, 6.07) is 0. The summed E-state index contributed by atoms with van der Waals surface area (Å²) in [5.41, 5.74) is -0.322. The fourth-order valence-corrected chi connectivity index (χ4v) is 1.65. The molecule has 1 radical (unpaired) electrons. The van der Waals surface area contributed by atoms with Crippen molar-refractivity contribution in [3.63, 3.8) is 0 Å². The van der Waals surface area contributed by atoms with E-state index in [1.165, 1.54) is 0 Å². The normalized spacial score (nSPS) is 11.6. The van der Waals surface area contributed by atoms with E-state index in [9.17, 15) is 0 Å². The van der Waals surface area contributed by atoms with Crippen LogP contribution < -0.4 is 0 Å². The molecule has 0 rings (SSSR count). The van der Waals surface area contributed by atoms with Crippen molar-refractivity contribution in [3.8, 4) is 0 Å². The molecule has 0 saturated carbocycles. The van der Waals surface area contributed by atoms with Gasteiger partial charge in [0, 0.05) is 0 Å². The van der Waals surface area contributed by atoms with Crippen molar-refractivity contribution in [2.24, 2.45) is 0 Å². The van der Waals surface area contributed by atoms with Crippen molar-refractivity contribution in [3.05, 3.63) is 25.3 Å². The minimum absolute atomic E-state index is 0.322. The molecular weight excluding hydrogens is 140 g/mol. The average molecular weight is 155 g/mol. The minimum atomic E-state index is -0.658. The van der Waals surface area contributed by atoms with Crippen LogP contribution in [0.5, 0.6) is 0 Å². The first kappa shape index (κ1) is 9.66. The van der Waals surface area contributed by atoms with Gasteiger partial charge in [-0.15, -0.1) is 0 Å². The zero-order valence-electron chi connectivity index (χ0n) is 6.98. The molecule has 0 aliphatic rings. The molecule has 0 saturated heterocycles. The van der Waals surface area contributed by atoms with Crippen molar-refractivity contribution in [2.75, 3.05) is 0 Å². The van der Waals surface area contributed by atoms with Crippen LogP contribution in [-0.4, -0.2) is 14.6 Å². The Bertz CT molecular complexity index is 121. The van der Waals surface area contributed by atoms with Gasteiger partial charge < -0.3 is 4.43 Å². The van der Waals surface area contributed by atoms with Gasteiger partial charge in [-0.3, -0.25) is 0 Å². The van der Waals surface area contributed by atoms with Crippen molar-refractivity contribution in [1.82, 2.24) is 0 Å². The summed E-state index contributed by atoms with van der Waals surface area (Å²) < 4.78 is 5.60. The lowest BCUT2D eigenvalue weighted by Gasteiger charge is -2.24. The zero-order valence-corrected chi connectivity index (χ0v) is 7.98. The maximum Gasteiger partial charge on any atom is 0.206 e. The number of hydrogen-bond donors (Lipinski definition) is 0. The lowest BCUT2D eigenvalue weighted by Crippen LogP contribution is -2.28. The highest BCUT2D eigenvalue weighted by atomic mass is 28.3. The highest BCUT2D eigenvalue weighted by Gasteiger charge is 2.17. The highest BCUT2D eigenvalue weighted by molar-refractivity contribution is 6.48. The summed E-state index contributed by atoms with van der Waals surface area (Å²) in [6.45, 7) is 13.5. The van der Waals surface area contributed by atoms with Gasteiger partial charge in [-0.05, 0) is 20.0 Å². The largest absolute Gasteiger partial charge is 0.405 e. The van der Waals surface area contributed by atoms with Crippen LogP contribution in [0.4, 0.5) is 0 Å². The van der Waals surface area contributed by atoms with E-state index >= 15 is 0 Å². The second-order valence-corrected chi connectivity index (χ2v) is 4.62. The van der Waals surface area contributed by atoms with E-state index in [1.54, 1.807) is 12.2 Å². The molecular formula is C8H15OSi. The minimum Gasteiger partial charge on any atom is -0.405 e. The number of rotatable bonds is 4.